The van der Waals surface area contributed by atoms with Gasteiger partial charge < -0.3 is 14.5 Å². The highest BCUT2D eigenvalue weighted by molar-refractivity contribution is 4.97. The fraction of sp³-hybridized carbons (Fsp3) is 0.571. The van der Waals surface area contributed by atoms with E-state index in [2.05, 4.69) is 37.5 Å². The quantitative estimate of drug-likeness (QED) is 0.699. The van der Waals surface area contributed by atoms with Gasteiger partial charge in [0.25, 0.3) is 0 Å². The van der Waals surface area contributed by atoms with E-state index in [9.17, 15) is 0 Å². The predicted octanol–water partition coefficient (Wildman–Crippen LogP) is 1.71. The Morgan fingerprint density at radius 2 is 2.05 bits per heavy atom. The second-order valence-corrected chi connectivity index (χ2v) is 4.76. The lowest BCUT2D eigenvalue weighted by Crippen LogP contribution is -2.17. The zero-order chi connectivity index (χ0) is 13.3. The molecule has 0 amide bonds. The first-order valence-corrected chi connectivity index (χ1v) is 7.05. The lowest BCUT2D eigenvalue weighted by atomic mass is 10.3. The molecule has 0 radical (unpaired) electrons. The first-order chi connectivity index (χ1) is 9.38. The van der Waals surface area contributed by atoms with Crippen molar-refractivity contribution in [1.29, 1.82) is 0 Å². The van der Waals surface area contributed by atoms with Gasteiger partial charge in [-0.15, -0.1) is 0 Å². The third-order valence-electron chi connectivity index (χ3n) is 3.06. The fourth-order valence-corrected chi connectivity index (χ4v) is 2.03. The maximum atomic E-state index is 4.43. The van der Waals surface area contributed by atoms with Crippen LogP contribution in [0.4, 0.5) is 0 Å². The summed E-state index contributed by atoms with van der Waals surface area (Å²) in [6, 6.07) is 0. The van der Waals surface area contributed by atoms with Crippen LogP contribution in [0, 0.1) is 0 Å². The van der Waals surface area contributed by atoms with Crippen LogP contribution in [0.5, 0.6) is 0 Å². The van der Waals surface area contributed by atoms with Crippen LogP contribution in [0.25, 0.3) is 0 Å². The van der Waals surface area contributed by atoms with Crippen molar-refractivity contribution in [3.8, 4) is 0 Å². The first kappa shape index (κ1) is 13.8. The van der Waals surface area contributed by atoms with E-state index in [0.29, 0.717) is 0 Å². The molecule has 19 heavy (non-hydrogen) atoms. The van der Waals surface area contributed by atoms with E-state index in [1.807, 2.05) is 25.0 Å². The topological polar surface area (TPSA) is 47.7 Å². The molecule has 5 nitrogen and oxygen atoms in total. The number of nitrogens with zero attached hydrogens (tertiary/aromatic N) is 4. The third-order valence-corrected chi connectivity index (χ3v) is 3.06. The summed E-state index contributed by atoms with van der Waals surface area (Å²) in [5.74, 6) is 0. The standard InChI is InChI=1S/C14H23N5/c1-2-5-15-6-4-14-11-19(13-17-14)9-3-8-18-10-7-16-12-18/h7,10-13,15H,2-6,8-9H2,1H3. The van der Waals surface area contributed by atoms with E-state index >= 15 is 0 Å². The molecule has 0 aliphatic carbocycles. The molecule has 0 aromatic carbocycles. The van der Waals surface area contributed by atoms with Crippen LogP contribution in [-0.4, -0.2) is 32.2 Å². The average molecular weight is 261 g/mol. The number of hydrogen-bond donors (Lipinski definition) is 1. The second-order valence-electron chi connectivity index (χ2n) is 4.76. The highest BCUT2D eigenvalue weighted by atomic mass is 15.0. The lowest BCUT2D eigenvalue weighted by Gasteiger charge is -2.03. The van der Waals surface area contributed by atoms with Crippen molar-refractivity contribution in [2.45, 2.75) is 39.3 Å². The summed E-state index contributed by atoms with van der Waals surface area (Å²) in [4.78, 5) is 8.47. The maximum Gasteiger partial charge on any atom is 0.0949 e. The molecule has 2 rings (SSSR count). The van der Waals surface area contributed by atoms with E-state index in [4.69, 9.17) is 0 Å². The Hall–Kier alpha value is -1.62. The Kier molecular flexibility index (Phi) is 5.62. The van der Waals surface area contributed by atoms with Crippen LogP contribution in [0.2, 0.25) is 0 Å². The van der Waals surface area contributed by atoms with Gasteiger partial charge in [-0.2, -0.15) is 0 Å². The van der Waals surface area contributed by atoms with Gasteiger partial charge >= 0.3 is 0 Å². The predicted molar refractivity (Wildman–Crippen MR) is 75.9 cm³/mol. The number of aryl methyl sites for hydroxylation is 2. The summed E-state index contributed by atoms with van der Waals surface area (Å²) in [6.07, 6.45) is 13.1. The van der Waals surface area contributed by atoms with Gasteiger partial charge in [-0.25, -0.2) is 9.97 Å². The Balaban J connectivity index is 1.65. The highest BCUT2D eigenvalue weighted by Crippen LogP contribution is 2.00. The summed E-state index contributed by atoms with van der Waals surface area (Å²) in [7, 11) is 0. The third kappa shape index (κ3) is 4.87. The van der Waals surface area contributed by atoms with Gasteiger partial charge in [0.1, 0.15) is 0 Å². The van der Waals surface area contributed by atoms with E-state index in [-0.39, 0.29) is 0 Å². The maximum absolute atomic E-state index is 4.43. The molecule has 0 unspecified atom stereocenters. The molecule has 0 aliphatic rings. The molecule has 2 aromatic rings. The molecule has 0 aliphatic heterocycles. The minimum Gasteiger partial charge on any atom is -0.337 e. The minimum atomic E-state index is 1.01. The Morgan fingerprint density at radius 1 is 1.16 bits per heavy atom. The van der Waals surface area contributed by atoms with Crippen LogP contribution in [0.1, 0.15) is 25.5 Å². The van der Waals surface area contributed by atoms with Gasteiger partial charge in [0.05, 0.1) is 18.3 Å². The molecule has 0 bridgehead atoms. The molecular weight excluding hydrogens is 238 g/mol. The SMILES string of the molecule is CCCNCCc1cn(CCCn2ccnc2)cn1. The van der Waals surface area contributed by atoms with Crippen molar-refractivity contribution in [3.05, 3.63) is 36.9 Å². The van der Waals surface area contributed by atoms with Crippen LogP contribution in [0.3, 0.4) is 0 Å². The van der Waals surface area contributed by atoms with E-state index in [1.165, 1.54) is 12.1 Å². The summed E-state index contributed by atoms with van der Waals surface area (Å²) in [5.41, 5.74) is 1.17. The Morgan fingerprint density at radius 3 is 2.84 bits per heavy atom. The molecule has 0 saturated heterocycles. The van der Waals surface area contributed by atoms with Gasteiger partial charge in [0, 0.05) is 44.6 Å². The van der Waals surface area contributed by atoms with Gasteiger partial charge in [0.2, 0.25) is 0 Å². The average Bonchev–Trinajstić information content (AvgIpc) is 3.07. The molecule has 2 aromatic heterocycles. The molecule has 1 N–H and O–H groups in total. The van der Waals surface area contributed by atoms with Crippen molar-refractivity contribution < 1.29 is 0 Å². The van der Waals surface area contributed by atoms with Crippen LogP contribution >= 0.6 is 0 Å². The van der Waals surface area contributed by atoms with E-state index in [0.717, 1.165) is 39.0 Å². The number of nitrogens with one attached hydrogen (secondary N) is 1. The highest BCUT2D eigenvalue weighted by Gasteiger charge is 1.99. The zero-order valence-corrected chi connectivity index (χ0v) is 11.6. The van der Waals surface area contributed by atoms with E-state index in [1.54, 1.807) is 0 Å². The first-order valence-electron chi connectivity index (χ1n) is 7.05. The number of imidazole rings is 2. The molecular formula is C14H23N5. The van der Waals surface area contributed by atoms with Crippen molar-refractivity contribution in [2.75, 3.05) is 13.1 Å². The molecule has 5 heteroatoms. The van der Waals surface area contributed by atoms with Gasteiger partial charge in [0.15, 0.2) is 0 Å². The van der Waals surface area contributed by atoms with Crippen LogP contribution < -0.4 is 5.32 Å². The van der Waals surface area contributed by atoms with Gasteiger partial charge in [-0.3, -0.25) is 0 Å². The molecule has 2 heterocycles. The summed E-state index contributed by atoms with van der Waals surface area (Å²) >= 11 is 0. The number of hydrogen-bond acceptors (Lipinski definition) is 3. The number of rotatable bonds is 9. The normalized spacial score (nSPS) is 11.0. The lowest BCUT2D eigenvalue weighted by molar-refractivity contribution is 0.562. The Labute approximate surface area is 114 Å². The molecule has 0 atom stereocenters. The van der Waals surface area contributed by atoms with E-state index < -0.39 is 0 Å². The zero-order valence-electron chi connectivity index (χ0n) is 11.6. The largest absolute Gasteiger partial charge is 0.337 e. The number of aromatic nitrogens is 4. The van der Waals surface area contributed by atoms with Gasteiger partial charge in [-0.1, -0.05) is 6.92 Å². The van der Waals surface area contributed by atoms with Crippen molar-refractivity contribution >= 4 is 0 Å². The van der Waals surface area contributed by atoms with Gasteiger partial charge in [-0.05, 0) is 19.4 Å². The molecule has 0 saturated carbocycles. The smallest absolute Gasteiger partial charge is 0.0949 e. The molecule has 0 fully saturated rings. The van der Waals surface area contributed by atoms with Crippen LogP contribution in [0.15, 0.2) is 31.2 Å². The monoisotopic (exact) mass is 261 g/mol. The van der Waals surface area contributed by atoms with Crippen molar-refractivity contribution in [3.63, 3.8) is 0 Å². The Bertz CT molecular complexity index is 446. The van der Waals surface area contributed by atoms with Crippen molar-refractivity contribution in [1.82, 2.24) is 24.4 Å². The summed E-state index contributed by atoms with van der Waals surface area (Å²) in [5, 5.41) is 3.39. The summed E-state index contributed by atoms with van der Waals surface area (Å²) in [6.45, 7) is 6.30. The minimum absolute atomic E-state index is 1.01. The molecule has 0 spiro atoms. The van der Waals surface area contributed by atoms with Crippen LogP contribution in [-0.2, 0) is 19.5 Å². The van der Waals surface area contributed by atoms with Crippen molar-refractivity contribution in [2.24, 2.45) is 0 Å². The summed E-state index contributed by atoms with van der Waals surface area (Å²) < 4.78 is 4.28. The second kappa shape index (κ2) is 7.74. The molecule has 104 valence electrons. The fourth-order valence-electron chi connectivity index (χ4n) is 2.03.